The van der Waals surface area contributed by atoms with Crippen molar-refractivity contribution in [3.8, 4) is 5.75 Å². The SMILES string of the molecule is Cc1nc(NC[C@H]2CC[C@@](N)(COc3cncc(C(F)(F)F)c3)CC2)cc2c1NC(=O)CN2C. The summed E-state index contributed by atoms with van der Waals surface area (Å²) in [6.45, 7) is 3.04. The van der Waals surface area contributed by atoms with Crippen LogP contribution in [0.15, 0.2) is 24.5 Å². The summed E-state index contributed by atoms with van der Waals surface area (Å²) < 4.78 is 44.2. The first-order valence-electron chi connectivity index (χ1n) is 11.2. The Bertz CT molecular complexity index is 1050. The number of anilines is 3. The number of carbonyl (C=O) groups excluding carboxylic acids is 1. The van der Waals surface area contributed by atoms with E-state index in [2.05, 4.69) is 20.6 Å². The zero-order chi connectivity index (χ0) is 24.5. The van der Waals surface area contributed by atoms with E-state index in [0.29, 0.717) is 25.3 Å². The summed E-state index contributed by atoms with van der Waals surface area (Å²) in [6.07, 6.45) is 0.725. The molecular formula is C23H29F3N6O2. The van der Waals surface area contributed by atoms with Crippen LogP contribution in [0.5, 0.6) is 5.75 Å². The predicted molar refractivity (Wildman–Crippen MR) is 123 cm³/mol. The van der Waals surface area contributed by atoms with Crippen LogP contribution in [0, 0.1) is 12.8 Å². The number of aryl methyl sites for hydroxylation is 1. The van der Waals surface area contributed by atoms with E-state index in [4.69, 9.17) is 10.5 Å². The van der Waals surface area contributed by atoms with Gasteiger partial charge in [-0.3, -0.25) is 9.78 Å². The lowest BCUT2D eigenvalue weighted by atomic mass is 9.77. The Labute approximate surface area is 196 Å². The molecule has 184 valence electrons. The van der Waals surface area contributed by atoms with Crippen LogP contribution in [-0.4, -0.2) is 48.2 Å². The molecule has 2 aliphatic rings. The Morgan fingerprint density at radius 1 is 1.29 bits per heavy atom. The molecular weight excluding hydrogens is 449 g/mol. The molecule has 0 atom stereocenters. The van der Waals surface area contributed by atoms with Crippen molar-refractivity contribution in [2.45, 2.75) is 44.3 Å². The second-order valence-electron chi connectivity index (χ2n) is 9.27. The van der Waals surface area contributed by atoms with Gasteiger partial charge in [-0.15, -0.1) is 0 Å². The molecule has 0 unspecified atom stereocenters. The second-order valence-corrected chi connectivity index (χ2v) is 9.27. The van der Waals surface area contributed by atoms with Gasteiger partial charge in [-0.1, -0.05) is 0 Å². The number of halogens is 3. The van der Waals surface area contributed by atoms with Gasteiger partial charge in [0, 0.05) is 25.9 Å². The molecule has 0 saturated heterocycles. The molecule has 1 amide bonds. The van der Waals surface area contributed by atoms with Crippen LogP contribution in [0.25, 0.3) is 0 Å². The Balaban J connectivity index is 1.29. The van der Waals surface area contributed by atoms with Crippen molar-refractivity contribution in [3.63, 3.8) is 0 Å². The van der Waals surface area contributed by atoms with Crippen molar-refractivity contribution >= 4 is 23.1 Å². The highest BCUT2D eigenvalue weighted by Gasteiger charge is 2.34. The number of aromatic nitrogens is 2. The van der Waals surface area contributed by atoms with E-state index >= 15 is 0 Å². The number of nitrogens with one attached hydrogen (secondary N) is 2. The van der Waals surface area contributed by atoms with Crippen molar-refractivity contribution < 1.29 is 22.7 Å². The minimum absolute atomic E-state index is 0.0543. The number of nitrogens with two attached hydrogens (primary N) is 1. The van der Waals surface area contributed by atoms with Crippen molar-refractivity contribution in [2.24, 2.45) is 11.7 Å². The predicted octanol–water partition coefficient (Wildman–Crippen LogP) is 3.57. The molecule has 0 bridgehead atoms. The molecule has 1 aliphatic heterocycles. The summed E-state index contributed by atoms with van der Waals surface area (Å²) in [5.74, 6) is 1.16. The number of rotatable bonds is 6. The standard InChI is InChI=1S/C23H29F3N6O2/c1-14-21-18(32(2)12-20(33)31-21)8-19(30-14)29-9-15-3-5-22(27,6-4-15)13-34-17-7-16(10-28-11-17)23(24,25)26/h7-8,10-11,15H,3-6,9,12-13,27H2,1-2H3,(H,29,30)(H,31,33)/t15-,22-. The van der Waals surface area contributed by atoms with Crippen molar-refractivity contribution in [2.75, 3.05) is 42.3 Å². The molecule has 3 heterocycles. The minimum atomic E-state index is -4.47. The Kier molecular flexibility index (Phi) is 6.57. The molecule has 1 fully saturated rings. The van der Waals surface area contributed by atoms with Gasteiger partial charge in [-0.25, -0.2) is 4.98 Å². The lowest BCUT2D eigenvalue weighted by molar-refractivity contribution is -0.138. The third kappa shape index (κ3) is 5.52. The first kappa shape index (κ1) is 24.1. The van der Waals surface area contributed by atoms with E-state index in [1.54, 1.807) is 0 Å². The van der Waals surface area contributed by atoms with E-state index in [1.165, 1.54) is 6.20 Å². The van der Waals surface area contributed by atoms with E-state index in [-0.39, 0.29) is 18.3 Å². The van der Waals surface area contributed by atoms with E-state index in [1.807, 2.05) is 24.9 Å². The summed E-state index contributed by atoms with van der Waals surface area (Å²) in [5, 5.41) is 6.28. The quantitative estimate of drug-likeness (QED) is 0.583. The number of ether oxygens (including phenoxy) is 1. The molecule has 0 spiro atoms. The maximum Gasteiger partial charge on any atom is 0.418 e. The molecule has 34 heavy (non-hydrogen) atoms. The van der Waals surface area contributed by atoms with Crippen LogP contribution >= 0.6 is 0 Å². The smallest absolute Gasteiger partial charge is 0.418 e. The fraction of sp³-hybridized carbons (Fsp3) is 0.522. The number of hydrogen-bond donors (Lipinski definition) is 3. The number of carbonyl (C=O) groups is 1. The number of hydrogen-bond acceptors (Lipinski definition) is 7. The minimum Gasteiger partial charge on any atom is -0.490 e. The molecule has 0 aromatic carbocycles. The molecule has 4 rings (SSSR count). The van der Waals surface area contributed by atoms with Gasteiger partial charge in [-0.05, 0) is 44.6 Å². The molecule has 1 aliphatic carbocycles. The second kappa shape index (κ2) is 9.28. The van der Waals surface area contributed by atoms with Crippen molar-refractivity contribution in [1.29, 1.82) is 0 Å². The Morgan fingerprint density at radius 2 is 2.03 bits per heavy atom. The summed E-state index contributed by atoms with van der Waals surface area (Å²) in [4.78, 5) is 21.9. The molecule has 11 heteroatoms. The summed E-state index contributed by atoms with van der Waals surface area (Å²) in [7, 11) is 1.88. The number of fused-ring (bicyclic) bond motifs is 1. The molecule has 1 saturated carbocycles. The molecule has 0 radical (unpaired) electrons. The first-order valence-corrected chi connectivity index (χ1v) is 11.2. The Hall–Kier alpha value is -3.08. The number of alkyl halides is 3. The fourth-order valence-electron chi connectivity index (χ4n) is 4.41. The van der Waals surface area contributed by atoms with Gasteiger partial charge in [0.25, 0.3) is 0 Å². The normalized spacial score (nSPS) is 22.7. The van der Waals surface area contributed by atoms with Gasteiger partial charge >= 0.3 is 6.18 Å². The highest BCUT2D eigenvalue weighted by Crippen LogP contribution is 2.35. The average molecular weight is 479 g/mol. The van der Waals surface area contributed by atoms with Gasteiger partial charge in [-0.2, -0.15) is 13.2 Å². The zero-order valence-corrected chi connectivity index (χ0v) is 19.2. The van der Waals surface area contributed by atoms with Crippen LogP contribution in [0.1, 0.15) is 36.9 Å². The molecule has 8 nitrogen and oxygen atoms in total. The van der Waals surface area contributed by atoms with Gasteiger partial charge in [0.1, 0.15) is 18.2 Å². The topological polar surface area (TPSA) is 105 Å². The summed E-state index contributed by atoms with van der Waals surface area (Å²) in [5.41, 5.74) is 7.48. The number of nitrogens with zero attached hydrogens (tertiary/aromatic N) is 3. The maximum atomic E-state index is 12.9. The zero-order valence-electron chi connectivity index (χ0n) is 19.2. The highest BCUT2D eigenvalue weighted by molar-refractivity contribution is 6.02. The lowest BCUT2D eigenvalue weighted by Gasteiger charge is -2.37. The molecule has 2 aromatic heterocycles. The third-order valence-corrected chi connectivity index (χ3v) is 6.48. The van der Waals surface area contributed by atoms with E-state index in [0.717, 1.165) is 54.5 Å². The maximum absolute atomic E-state index is 12.9. The molecule has 4 N–H and O–H groups in total. The third-order valence-electron chi connectivity index (χ3n) is 6.48. The van der Waals surface area contributed by atoms with Crippen molar-refractivity contribution in [3.05, 3.63) is 35.8 Å². The largest absolute Gasteiger partial charge is 0.490 e. The van der Waals surface area contributed by atoms with E-state index in [9.17, 15) is 18.0 Å². The average Bonchev–Trinajstić information content (AvgIpc) is 2.78. The number of amides is 1. The lowest BCUT2D eigenvalue weighted by Crippen LogP contribution is -2.49. The summed E-state index contributed by atoms with van der Waals surface area (Å²) >= 11 is 0. The van der Waals surface area contributed by atoms with Crippen molar-refractivity contribution in [1.82, 2.24) is 9.97 Å². The van der Waals surface area contributed by atoms with Crippen LogP contribution in [0.4, 0.5) is 30.4 Å². The van der Waals surface area contributed by atoms with Gasteiger partial charge in [0.15, 0.2) is 0 Å². The van der Waals surface area contributed by atoms with E-state index < -0.39 is 17.3 Å². The van der Waals surface area contributed by atoms with Crippen LogP contribution in [-0.2, 0) is 11.0 Å². The van der Waals surface area contributed by atoms with Gasteiger partial charge in [0.2, 0.25) is 5.91 Å². The number of likely N-dealkylation sites (N-methyl/N-ethyl adjacent to an activating group) is 1. The van der Waals surface area contributed by atoms with Crippen LogP contribution in [0.3, 0.4) is 0 Å². The fourth-order valence-corrected chi connectivity index (χ4v) is 4.41. The van der Waals surface area contributed by atoms with Crippen LogP contribution in [0.2, 0.25) is 0 Å². The Morgan fingerprint density at radius 3 is 2.74 bits per heavy atom. The van der Waals surface area contributed by atoms with Gasteiger partial charge < -0.3 is 26.0 Å². The van der Waals surface area contributed by atoms with Crippen LogP contribution < -0.4 is 26.0 Å². The number of pyridine rings is 2. The highest BCUT2D eigenvalue weighted by atomic mass is 19.4. The van der Waals surface area contributed by atoms with Gasteiger partial charge in [0.05, 0.1) is 40.9 Å². The summed E-state index contributed by atoms with van der Waals surface area (Å²) in [6, 6.07) is 2.89. The molecule has 2 aromatic rings. The first-order chi connectivity index (χ1) is 16.0. The monoisotopic (exact) mass is 478 g/mol.